The van der Waals surface area contributed by atoms with Crippen LogP contribution in [0.3, 0.4) is 0 Å². The van der Waals surface area contributed by atoms with Gasteiger partial charge in [0.15, 0.2) is 0 Å². The fourth-order valence-electron chi connectivity index (χ4n) is 2.58. The number of aromatic nitrogens is 3. The molecule has 24 heavy (non-hydrogen) atoms. The summed E-state index contributed by atoms with van der Waals surface area (Å²) in [5, 5.41) is 3.39. The lowest BCUT2D eigenvalue weighted by atomic mass is 10.1. The smallest absolute Gasteiger partial charge is 0.451 e. The van der Waals surface area contributed by atoms with E-state index in [0.717, 1.165) is 11.7 Å². The lowest BCUT2D eigenvalue weighted by Crippen LogP contribution is -2.44. The van der Waals surface area contributed by atoms with Crippen LogP contribution in [0.25, 0.3) is 0 Å². The van der Waals surface area contributed by atoms with Crippen molar-refractivity contribution in [2.75, 3.05) is 19.7 Å². The minimum absolute atomic E-state index is 0.0740. The van der Waals surface area contributed by atoms with Gasteiger partial charge in [0.25, 0.3) is 0 Å². The topological polar surface area (TPSA) is 86.4 Å². The van der Waals surface area contributed by atoms with Crippen molar-refractivity contribution in [2.24, 2.45) is 7.05 Å². The summed E-state index contributed by atoms with van der Waals surface area (Å²) in [5.41, 5.74) is -0.863. The van der Waals surface area contributed by atoms with Crippen molar-refractivity contribution < 1.29 is 27.5 Å². The van der Waals surface area contributed by atoms with Crippen LogP contribution >= 0.6 is 0 Å². The Bertz CT molecular complexity index is 686. The van der Waals surface area contributed by atoms with Crippen molar-refractivity contribution >= 4 is 11.9 Å². The number of amides is 1. The molecule has 1 aromatic heterocycles. The summed E-state index contributed by atoms with van der Waals surface area (Å²) in [6.45, 7) is 1.91. The van der Waals surface area contributed by atoms with Gasteiger partial charge in [0.1, 0.15) is 0 Å². The first-order chi connectivity index (χ1) is 11.2. The number of hydrogen-bond donors (Lipinski definition) is 0. The number of ether oxygens (including phenoxy) is 1. The van der Waals surface area contributed by atoms with Crippen molar-refractivity contribution in [3.63, 3.8) is 0 Å². The highest BCUT2D eigenvalue weighted by atomic mass is 19.4. The molecule has 0 atom stereocenters. The van der Waals surface area contributed by atoms with Crippen molar-refractivity contribution in [2.45, 2.75) is 32.0 Å². The molecule has 1 saturated heterocycles. The molecule has 0 aromatic carbocycles. The molecule has 0 bridgehead atoms. The molecule has 0 aliphatic carbocycles. The summed E-state index contributed by atoms with van der Waals surface area (Å²) in [5.74, 6) is -3.03. The SMILES string of the molecule is CCOC(=O)C(=O)N1CCC(n2nc(C(F)(F)F)n(C)c2=O)CC1. The van der Waals surface area contributed by atoms with Crippen LogP contribution in [0.15, 0.2) is 4.79 Å². The van der Waals surface area contributed by atoms with Crippen LogP contribution in [0.2, 0.25) is 0 Å². The molecule has 1 aliphatic heterocycles. The van der Waals surface area contributed by atoms with Crippen LogP contribution in [-0.2, 0) is 27.5 Å². The number of piperidine rings is 1. The Kier molecular flexibility index (Phi) is 4.99. The largest absolute Gasteiger partial charge is 0.459 e. The second-order valence-electron chi connectivity index (χ2n) is 5.35. The van der Waals surface area contributed by atoms with Gasteiger partial charge < -0.3 is 9.64 Å². The van der Waals surface area contributed by atoms with Crippen molar-refractivity contribution in [1.29, 1.82) is 0 Å². The van der Waals surface area contributed by atoms with E-state index in [9.17, 15) is 27.6 Å². The number of rotatable bonds is 2. The molecule has 1 aromatic rings. The quantitative estimate of drug-likeness (QED) is 0.567. The summed E-state index contributed by atoms with van der Waals surface area (Å²) in [7, 11) is 1.01. The Morgan fingerprint density at radius 2 is 1.88 bits per heavy atom. The third kappa shape index (κ3) is 3.44. The lowest BCUT2D eigenvalue weighted by Gasteiger charge is -2.30. The zero-order valence-electron chi connectivity index (χ0n) is 13.2. The highest BCUT2D eigenvalue weighted by molar-refractivity contribution is 6.32. The molecular weight excluding hydrogens is 333 g/mol. The molecule has 2 heterocycles. The molecule has 1 fully saturated rings. The summed E-state index contributed by atoms with van der Waals surface area (Å²) < 4.78 is 44.3. The Morgan fingerprint density at radius 1 is 1.29 bits per heavy atom. The summed E-state index contributed by atoms with van der Waals surface area (Å²) >= 11 is 0. The van der Waals surface area contributed by atoms with E-state index in [1.165, 1.54) is 4.90 Å². The molecule has 0 spiro atoms. The fourth-order valence-corrected chi connectivity index (χ4v) is 2.58. The minimum atomic E-state index is -4.72. The van der Waals surface area contributed by atoms with Gasteiger partial charge in [-0.25, -0.2) is 14.3 Å². The van der Waals surface area contributed by atoms with Gasteiger partial charge in [-0.1, -0.05) is 0 Å². The summed E-state index contributed by atoms with van der Waals surface area (Å²) in [6, 6.07) is -0.564. The maximum absolute atomic E-state index is 12.8. The number of alkyl halides is 3. The number of hydrogen-bond acceptors (Lipinski definition) is 5. The normalized spacial score (nSPS) is 16.3. The molecule has 11 heteroatoms. The monoisotopic (exact) mass is 350 g/mol. The fraction of sp³-hybridized carbons (Fsp3) is 0.692. The van der Waals surface area contributed by atoms with Crippen molar-refractivity contribution in [3.05, 3.63) is 16.3 Å². The van der Waals surface area contributed by atoms with Crippen LogP contribution in [0.4, 0.5) is 13.2 Å². The Morgan fingerprint density at radius 3 is 2.33 bits per heavy atom. The van der Waals surface area contributed by atoms with E-state index in [0.29, 0.717) is 4.57 Å². The number of nitrogens with zero attached hydrogens (tertiary/aromatic N) is 4. The third-order valence-corrected chi connectivity index (χ3v) is 3.80. The first-order valence-corrected chi connectivity index (χ1v) is 7.35. The Balaban J connectivity index is 2.09. The number of esters is 1. The first kappa shape index (κ1) is 18.0. The van der Waals surface area contributed by atoms with E-state index in [1.54, 1.807) is 6.92 Å². The van der Waals surface area contributed by atoms with Crippen LogP contribution < -0.4 is 5.69 Å². The van der Waals surface area contributed by atoms with E-state index in [1.807, 2.05) is 0 Å². The van der Waals surface area contributed by atoms with E-state index < -0.39 is 35.6 Å². The molecule has 1 amide bonds. The Hall–Kier alpha value is -2.33. The minimum Gasteiger partial charge on any atom is -0.459 e. The van der Waals surface area contributed by atoms with Gasteiger partial charge >= 0.3 is 23.7 Å². The number of carbonyl (C=O) groups excluding carboxylic acids is 2. The summed E-state index contributed by atoms with van der Waals surface area (Å²) in [4.78, 5) is 36.4. The molecule has 1 aliphatic rings. The van der Waals surface area contributed by atoms with Crippen LogP contribution in [0.5, 0.6) is 0 Å². The maximum atomic E-state index is 12.8. The van der Waals surface area contributed by atoms with Gasteiger partial charge in [-0.05, 0) is 19.8 Å². The maximum Gasteiger partial charge on any atom is 0.451 e. The number of likely N-dealkylation sites (tertiary alicyclic amines) is 1. The van der Waals surface area contributed by atoms with Crippen molar-refractivity contribution in [1.82, 2.24) is 19.2 Å². The first-order valence-electron chi connectivity index (χ1n) is 7.35. The highest BCUT2D eigenvalue weighted by Crippen LogP contribution is 2.28. The predicted octanol–water partition coefficient (Wildman–Crippen LogP) is 0.327. The van der Waals surface area contributed by atoms with Crippen molar-refractivity contribution in [3.8, 4) is 0 Å². The molecule has 0 unspecified atom stereocenters. The number of halogens is 3. The zero-order valence-corrected chi connectivity index (χ0v) is 13.2. The molecule has 0 saturated carbocycles. The molecular formula is C13H17F3N4O4. The predicted molar refractivity (Wildman–Crippen MR) is 74.0 cm³/mol. The van der Waals surface area contributed by atoms with E-state index in [-0.39, 0.29) is 32.5 Å². The van der Waals surface area contributed by atoms with Gasteiger partial charge in [-0.15, -0.1) is 5.10 Å². The van der Waals surface area contributed by atoms with Gasteiger partial charge in [-0.2, -0.15) is 13.2 Å². The zero-order chi connectivity index (χ0) is 18.1. The van der Waals surface area contributed by atoms with E-state index in [2.05, 4.69) is 9.84 Å². The molecule has 134 valence electrons. The summed E-state index contributed by atoms with van der Waals surface area (Å²) in [6.07, 6.45) is -4.28. The third-order valence-electron chi connectivity index (χ3n) is 3.80. The standard InChI is InChI=1S/C13H17F3N4O4/c1-3-24-10(22)9(21)19-6-4-8(5-7-19)20-12(23)18(2)11(17-20)13(14,15)16/h8H,3-7H2,1-2H3. The lowest BCUT2D eigenvalue weighted by molar-refractivity contribution is -0.160. The van der Waals surface area contributed by atoms with Crippen LogP contribution in [-0.4, -0.2) is 50.8 Å². The van der Waals surface area contributed by atoms with Crippen LogP contribution in [0, 0.1) is 0 Å². The van der Waals surface area contributed by atoms with Gasteiger partial charge in [0, 0.05) is 20.1 Å². The van der Waals surface area contributed by atoms with Gasteiger partial charge in [0.2, 0.25) is 5.82 Å². The average molecular weight is 350 g/mol. The average Bonchev–Trinajstić information content (AvgIpc) is 2.83. The molecule has 0 N–H and O–H groups in total. The van der Waals surface area contributed by atoms with E-state index >= 15 is 0 Å². The van der Waals surface area contributed by atoms with Gasteiger partial charge in [0.05, 0.1) is 12.6 Å². The molecule has 0 radical (unpaired) electrons. The number of carbonyl (C=O) groups is 2. The van der Waals surface area contributed by atoms with Gasteiger partial charge in [-0.3, -0.25) is 9.36 Å². The Labute approximate surface area is 134 Å². The second kappa shape index (κ2) is 6.65. The second-order valence-corrected chi connectivity index (χ2v) is 5.35. The molecule has 2 rings (SSSR count). The van der Waals surface area contributed by atoms with Crippen LogP contribution in [0.1, 0.15) is 31.6 Å². The highest BCUT2D eigenvalue weighted by Gasteiger charge is 2.39. The van der Waals surface area contributed by atoms with E-state index in [4.69, 9.17) is 0 Å². The molecule has 8 nitrogen and oxygen atoms in total.